The summed E-state index contributed by atoms with van der Waals surface area (Å²) in [6.45, 7) is 2.68. The highest BCUT2D eigenvalue weighted by Crippen LogP contribution is 2.19. The monoisotopic (exact) mass is 234 g/mol. The number of piperidine rings is 1. The summed E-state index contributed by atoms with van der Waals surface area (Å²) in [5, 5.41) is 9.29. The molecular formula is C13H18N2O2. The van der Waals surface area contributed by atoms with Crippen LogP contribution in [0, 0.1) is 6.92 Å². The Bertz CT molecular complexity index is 389. The number of hydrogen-bond donors (Lipinski definition) is 1. The van der Waals surface area contributed by atoms with Gasteiger partial charge in [-0.3, -0.25) is 9.78 Å². The third-order valence-corrected chi connectivity index (χ3v) is 3.26. The van der Waals surface area contributed by atoms with Gasteiger partial charge in [0.15, 0.2) is 0 Å². The van der Waals surface area contributed by atoms with Crippen LogP contribution in [0.1, 0.15) is 35.3 Å². The number of likely N-dealkylation sites (tertiary alicyclic amines) is 1. The van der Waals surface area contributed by atoms with E-state index in [0.29, 0.717) is 5.56 Å². The van der Waals surface area contributed by atoms with Gasteiger partial charge in [0.05, 0.1) is 18.2 Å². The van der Waals surface area contributed by atoms with E-state index in [1.165, 1.54) is 0 Å². The Labute approximate surface area is 101 Å². The second-order valence-electron chi connectivity index (χ2n) is 4.52. The number of pyridine rings is 1. The topological polar surface area (TPSA) is 53.4 Å². The summed E-state index contributed by atoms with van der Waals surface area (Å²) < 4.78 is 0. The van der Waals surface area contributed by atoms with Crippen LogP contribution in [0.3, 0.4) is 0 Å². The standard InChI is InChI=1S/C13H18N2O2/c1-10-5-6-11(8-14-10)13(17)15-7-3-2-4-12(15)9-16/h5-6,8,12,16H,2-4,7,9H2,1H3/t12-/m0/s1. The highest BCUT2D eigenvalue weighted by Gasteiger charge is 2.26. The van der Waals surface area contributed by atoms with E-state index >= 15 is 0 Å². The summed E-state index contributed by atoms with van der Waals surface area (Å²) >= 11 is 0. The normalized spacial score (nSPS) is 20.4. The van der Waals surface area contributed by atoms with Crippen LogP contribution in [-0.4, -0.2) is 40.1 Å². The van der Waals surface area contributed by atoms with Gasteiger partial charge in [-0.05, 0) is 38.3 Å². The van der Waals surface area contributed by atoms with Crippen LogP contribution >= 0.6 is 0 Å². The molecule has 4 heteroatoms. The molecule has 1 N–H and O–H groups in total. The number of hydrogen-bond acceptors (Lipinski definition) is 3. The van der Waals surface area contributed by atoms with Gasteiger partial charge in [-0.1, -0.05) is 0 Å². The van der Waals surface area contributed by atoms with Crippen LogP contribution in [0.25, 0.3) is 0 Å². The Morgan fingerprint density at radius 3 is 3.00 bits per heavy atom. The van der Waals surface area contributed by atoms with Crippen LogP contribution in [0.4, 0.5) is 0 Å². The van der Waals surface area contributed by atoms with Crippen molar-refractivity contribution >= 4 is 5.91 Å². The van der Waals surface area contributed by atoms with E-state index in [1.54, 1.807) is 17.2 Å². The van der Waals surface area contributed by atoms with Crippen LogP contribution < -0.4 is 0 Å². The molecule has 1 fully saturated rings. The lowest BCUT2D eigenvalue weighted by Crippen LogP contribution is -2.45. The molecule has 2 rings (SSSR count). The van der Waals surface area contributed by atoms with E-state index in [4.69, 9.17) is 0 Å². The number of carbonyl (C=O) groups excluding carboxylic acids is 1. The highest BCUT2D eigenvalue weighted by atomic mass is 16.3. The minimum absolute atomic E-state index is 0.0174. The van der Waals surface area contributed by atoms with Gasteiger partial charge >= 0.3 is 0 Å². The lowest BCUT2D eigenvalue weighted by atomic mass is 10.0. The van der Waals surface area contributed by atoms with Crippen LogP contribution in [0.2, 0.25) is 0 Å². The lowest BCUT2D eigenvalue weighted by molar-refractivity contribution is 0.0502. The third-order valence-electron chi connectivity index (χ3n) is 3.26. The van der Waals surface area contributed by atoms with E-state index in [2.05, 4.69) is 4.98 Å². The molecule has 2 heterocycles. The zero-order chi connectivity index (χ0) is 12.3. The Morgan fingerprint density at radius 2 is 2.35 bits per heavy atom. The van der Waals surface area contributed by atoms with Crippen LogP contribution in [0.15, 0.2) is 18.3 Å². The van der Waals surface area contributed by atoms with Gasteiger partial charge in [-0.2, -0.15) is 0 Å². The van der Waals surface area contributed by atoms with E-state index < -0.39 is 0 Å². The van der Waals surface area contributed by atoms with Crippen molar-refractivity contribution in [3.63, 3.8) is 0 Å². The number of aliphatic hydroxyl groups is 1. The molecule has 1 aromatic rings. The Balaban J connectivity index is 2.15. The molecule has 0 unspecified atom stereocenters. The molecule has 0 radical (unpaired) electrons. The van der Waals surface area contributed by atoms with Crippen molar-refractivity contribution in [2.75, 3.05) is 13.2 Å². The molecule has 1 amide bonds. The van der Waals surface area contributed by atoms with Crippen molar-refractivity contribution in [2.24, 2.45) is 0 Å². The molecule has 0 aliphatic carbocycles. The molecule has 1 aromatic heterocycles. The summed E-state index contributed by atoms with van der Waals surface area (Å²) in [5.74, 6) is -0.0174. The molecule has 1 aliphatic heterocycles. The molecule has 0 saturated carbocycles. The Morgan fingerprint density at radius 1 is 1.53 bits per heavy atom. The van der Waals surface area contributed by atoms with Gasteiger partial charge in [0.25, 0.3) is 5.91 Å². The molecular weight excluding hydrogens is 216 g/mol. The summed E-state index contributed by atoms with van der Waals surface area (Å²) in [5.41, 5.74) is 1.51. The summed E-state index contributed by atoms with van der Waals surface area (Å²) in [6, 6.07) is 3.61. The molecule has 0 spiro atoms. The molecule has 1 atom stereocenters. The average Bonchev–Trinajstić information content (AvgIpc) is 2.39. The smallest absolute Gasteiger partial charge is 0.255 e. The fourth-order valence-electron chi connectivity index (χ4n) is 2.22. The first kappa shape index (κ1) is 12.0. The number of aryl methyl sites for hydroxylation is 1. The van der Waals surface area contributed by atoms with Gasteiger partial charge in [-0.25, -0.2) is 0 Å². The Hall–Kier alpha value is -1.42. The molecule has 1 saturated heterocycles. The van der Waals surface area contributed by atoms with Crippen molar-refractivity contribution in [3.05, 3.63) is 29.6 Å². The second kappa shape index (κ2) is 5.27. The zero-order valence-corrected chi connectivity index (χ0v) is 10.1. The lowest BCUT2D eigenvalue weighted by Gasteiger charge is -2.34. The minimum atomic E-state index is -0.0300. The van der Waals surface area contributed by atoms with E-state index in [-0.39, 0.29) is 18.6 Å². The van der Waals surface area contributed by atoms with Gasteiger partial charge in [0.1, 0.15) is 0 Å². The highest BCUT2D eigenvalue weighted by molar-refractivity contribution is 5.94. The first-order valence-electron chi connectivity index (χ1n) is 6.07. The molecule has 92 valence electrons. The van der Waals surface area contributed by atoms with Crippen molar-refractivity contribution in [2.45, 2.75) is 32.2 Å². The van der Waals surface area contributed by atoms with Crippen molar-refractivity contribution in [1.82, 2.24) is 9.88 Å². The maximum absolute atomic E-state index is 12.3. The number of rotatable bonds is 2. The summed E-state index contributed by atoms with van der Waals surface area (Å²) in [6.07, 6.45) is 4.60. The number of aliphatic hydroxyl groups excluding tert-OH is 1. The molecule has 0 aromatic carbocycles. The van der Waals surface area contributed by atoms with Gasteiger partial charge in [-0.15, -0.1) is 0 Å². The van der Waals surface area contributed by atoms with Gasteiger partial charge in [0.2, 0.25) is 0 Å². The van der Waals surface area contributed by atoms with E-state index in [1.807, 2.05) is 13.0 Å². The van der Waals surface area contributed by atoms with Crippen LogP contribution in [0.5, 0.6) is 0 Å². The number of amides is 1. The third kappa shape index (κ3) is 2.64. The van der Waals surface area contributed by atoms with Gasteiger partial charge < -0.3 is 10.0 Å². The zero-order valence-electron chi connectivity index (χ0n) is 10.1. The molecule has 4 nitrogen and oxygen atoms in total. The maximum Gasteiger partial charge on any atom is 0.255 e. The fraction of sp³-hybridized carbons (Fsp3) is 0.538. The number of nitrogens with zero attached hydrogens (tertiary/aromatic N) is 2. The summed E-state index contributed by atoms with van der Waals surface area (Å²) in [7, 11) is 0. The van der Waals surface area contributed by atoms with E-state index in [9.17, 15) is 9.90 Å². The first-order chi connectivity index (χ1) is 8.22. The SMILES string of the molecule is Cc1ccc(C(=O)N2CCCC[C@H]2CO)cn1. The average molecular weight is 234 g/mol. The first-order valence-corrected chi connectivity index (χ1v) is 6.07. The number of aromatic nitrogens is 1. The predicted octanol–water partition coefficient (Wildman–Crippen LogP) is 1.38. The molecule has 1 aliphatic rings. The van der Waals surface area contributed by atoms with E-state index in [0.717, 1.165) is 31.5 Å². The van der Waals surface area contributed by atoms with Crippen molar-refractivity contribution in [1.29, 1.82) is 0 Å². The molecule has 17 heavy (non-hydrogen) atoms. The molecule has 0 bridgehead atoms. The fourth-order valence-corrected chi connectivity index (χ4v) is 2.22. The second-order valence-corrected chi connectivity index (χ2v) is 4.52. The largest absolute Gasteiger partial charge is 0.394 e. The van der Waals surface area contributed by atoms with Crippen molar-refractivity contribution in [3.8, 4) is 0 Å². The quantitative estimate of drug-likeness (QED) is 0.841. The minimum Gasteiger partial charge on any atom is -0.394 e. The van der Waals surface area contributed by atoms with Crippen LogP contribution in [-0.2, 0) is 0 Å². The van der Waals surface area contributed by atoms with Crippen molar-refractivity contribution < 1.29 is 9.90 Å². The number of carbonyl (C=O) groups is 1. The summed E-state index contributed by atoms with van der Waals surface area (Å²) in [4.78, 5) is 18.2. The van der Waals surface area contributed by atoms with Gasteiger partial charge in [0, 0.05) is 18.4 Å². The maximum atomic E-state index is 12.3. The Kier molecular flexibility index (Phi) is 3.74. The predicted molar refractivity (Wildman–Crippen MR) is 64.7 cm³/mol.